The molecule has 3 unspecified atom stereocenters. The van der Waals surface area contributed by atoms with Crippen LogP contribution in [0.5, 0.6) is 0 Å². The third-order valence-corrected chi connectivity index (χ3v) is 4.14. The van der Waals surface area contributed by atoms with E-state index in [1.165, 1.54) is 12.8 Å². The van der Waals surface area contributed by atoms with Crippen molar-refractivity contribution in [2.45, 2.75) is 44.2 Å². The predicted octanol–water partition coefficient (Wildman–Crippen LogP) is 1.06. The highest BCUT2D eigenvalue weighted by molar-refractivity contribution is 5.02. The molecule has 2 fully saturated rings. The molecule has 6 heteroatoms. The molecule has 0 spiro atoms. The van der Waals surface area contributed by atoms with E-state index in [1.807, 2.05) is 6.92 Å². The Morgan fingerprint density at radius 1 is 1.42 bits per heavy atom. The van der Waals surface area contributed by atoms with Gasteiger partial charge in [0.1, 0.15) is 0 Å². The van der Waals surface area contributed by atoms with E-state index in [0.717, 1.165) is 32.7 Å². The van der Waals surface area contributed by atoms with Gasteiger partial charge in [-0.25, -0.2) is 0 Å². The van der Waals surface area contributed by atoms with Gasteiger partial charge in [0.05, 0.1) is 18.1 Å². The van der Waals surface area contributed by atoms with E-state index in [9.17, 15) is 0 Å². The fourth-order valence-electron chi connectivity index (χ4n) is 2.93. The van der Waals surface area contributed by atoms with Gasteiger partial charge in [0.2, 0.25) is 5.89 Å². The van der Waals surface area contributed by atoms with Crippen LogP contribution in [0.3, 0.4) is 0 Å². The van der Waals surface area contributed by atoms with E-state index in [2.05, 4.69) is 15.0 Å². The largest absolute Gasteiger partial charge is 0.378 e. The lowest BCUT2D eigenvalue weighted by Crippen LogP contribution is -2.30. The minimum atomic E-state index is -0.159. The smallest absolute Gasteiger partial charge is 0.232 e. The van der Waals surface area contributed by atoms with Crippen LogP contribution in [0.2, 0.25) is 0 Å². The highest BCUT2D eigenvalue weighted by Gasteiger charge is 2.31. The molecule has 106 valence electrons. The molecule has 0 amide bonds. The van der Waals surface area contributed by atoms with Gasteiger partial charge in [-0.2, -0.15) is 4.98 Å². The van der Waals surface area contributed by atoms with Crippen LogP contribution in [0.1, 0.15) is 49.9 Å². The van der Waals surface area contributed by atoms with Crippen molar-refractivity contribution in [3.8, 4) is 0 Å². The number of nitrogens with two attached hydrogens (primary N) is 1. The summed E-state index contributed by atoms with van der Waals surface area (Å²) in [7, 11) is 0. The molecular formula is C13H22N4O2. The highest BCUT2D eigenvalue weighted by Crippen LogP contribution is 2.30. The fraction of sp³-hybridized carbons (Fsp3) is 0.846. The summed E-state index contributed by atoms with van der Waals surface area (Å²) in [4.78, 5) is 6.84. The molecular weight excluding hydrogens is 244 g/mol. The van der Waals surface area contributed by atoms with Crippen LogP contribution in [0, 0.1) is 0 Å². The number of nitrogens with zero attached hydrogens (tertiary/aromatic N) is 3. The van der Waals surface area contributed by atoms with Gasteiger partial charge >= 0.3 is 0 Å². The fourth-order valence-corrected chi connectivity index (χ4v) is 2.93. The summed E-state index contributed by atoms with van der Waals surface area (Å²) in [5, 5.41) is 4.04. The molecule has 3 rings (SSSR count). The van der Waals surface area contributed by atoms with Crippen LogP contribution in [0.25, 0.3) is 0 Å². The molecule has 3 heterocycles. The molecule has 3 atom stereocenters. The monoisotopic (exact) mass is 266 g/mol. The van der Waals surface area contributed by atoms with Crippen molar-refractivity contribution in [3.05, 3.63) is 11.7 Å². The molecule has 2 aliphatic heterocycles. The third kappa shape index (κ3) is 2.80. The van der Waals surface area contributed by atoms with E-state index >= 15 is 0 Å². The summed E-state index contributed by atoms with van der Waals surface area (Å²) in [6.45, 7) is 5.89. The lowest BCUT2D eigenvalue weighted by molar-refractivity contribution is 0.113. The number of rotatable bonds is 4. The van der Waals surface area contributed by atoms with Crippen LogP contribution >= 0.6 is 0 Å². The number of ether oxygens (including phenoxy) is 1. The standard InChI is InChI=1S/C13H22N4O2/c1-9-10(4-7-18-9)13-15-12(16-19-13)11(14)8-17-5-2-3-6-17/h9-11H,2-8,14H2,1H3. The normalized spacial score (nSPS) is 30.0. The van der Waals surface area contributed by atoms with Crippen molar-refractivity contribution in [1.29, 1.82) is 0 Å². The predicted molar refractivity (Wildman–Crippen MR) is 69.7 cm³/mol. The maximum atomic E-state index is 6.16. The topological polar surface area (TPSA) is 77.4 Å². The summed E-state index contributed by atoms with van der Waals surface area (Å²) in [5.41, 5.74) is 6.16. The van der Waals surface area contributed by atoms with Gasteiger partial charge in [0.25, 0.3) is 0 Å². The Bertz CT molecular complexity index is 417. The zero-order valence-corrected chi connectivity index (χ0v) is 11.4. The van der Waals surface area contributed by atoms with Gasteiger partial charge in [-0.15, -0.1) is 0 Å². The van der Waals surface area contributed by atoms with Crippen LogP contribution in [0.4, 0.5) is 0 Å². The summed E-state index contributed by atoms with van der Waals surface area (Å²) in [6, 6.07) is -0.159. The molecule has 1 aromatic rings. The lowest BCUT2D eigenvalue weighted by Gasteiger charge is -2.17. The van der Waals surface area contributed by atoms with Gasteiger partial charge < -0.3 is 19.9 Å². The van der Waals surface area contributed by atoms with Gasteiger partial charge in [-0.1, -0.05) is 5.16 Å². The highest BCUT2D eigenvalue weighted by atomic mass is 16.5. The molecule has 0 aromatic carbocycles. The maximum absolute atomic E-state index is 6.16. The first-order valence-electron chi connectivity index (χ1n) is 7.17. The molecule has 19 heavy (non-hydrogen) atoms. The first-order chi connectivity index (χ1) is 9.24. The number of aromatic nitrogens is 2. The van der Waals surface area contributed by atoms with Crippen molar-refractivity contribution < 1.29 is 9.26 Å². The summed E-state index contributed by atoms with van der Waals surface area (Å²) < 4.78 is 10.9. The lowest BCUT2D eigenvalue weighted by atomic mass is 10.0. The van der Waals surface area contributed by atoms with E-state index in [1.54, 1.807) is 0 Å². The summed E-state index contributed by atoms with van der Waals surface area (Å²) >= 11 is 0. The maximum Gasteiger partial charge on any atom is 0.232 e. The Hall–Kier alpha value is -0.980. The second-order valence-corrected chi connectivity index (χ2v) is 5.58. The van der Waals surface area contributed by atoms with Gasteiger partial charge in [0, 0.05) is 13.2 Å². The average molecular weight is 266 g/mol. The van der Waals surface area contributed by atoms with Gasteiger partial charge in [-0.05, 0) is 39.3 Å². The second kappa shape index (κ2) is 5.56. The Balaban J connectivity index is 1.63. The number of likely N-dealkylation sites (tertiary alicyclic amines) is 1. The minimum absolute atomic E-state index is 0.156. The zero-order valence-electron chi connectivity index (χ0n) is 11.4. The van der Waals surface area contributed by atoms with Crippen LogP contribution in [0.15, 0.2) is 4.52 Å². The summed E-state index contributed by atoms with van der Waals surface area (Å²) in [6.07, 6.45) is 3.63. The molecule has 0 radical (unpaired) electrons. The van der Waals surface area contributed by atoms with E-state index in [4.69, 9.17) is 15.0 Å². The van der Waals surface area contributed by atoms with E-state index in [0.29, 0.717) is 11.7 Å². The first kappa shape index (κ1) is 13.0. The zero-order chi connectivity index (χ0) is 13.2. The van der Waals surface area contributed by atoms with Crippen LogP contribution in [-0.4, -0.2) is 47.4 Å². The Morgan fingerprint density at radius 2 is 2.21 bits per heavy atom. The molecule has 0 aliphatic carbocycles. The number of hydrogen-bond acceptors (Lipinski definition) is 6. The van der Waals surface area contributed by atoms with Crippen molar-refractivity contribution in [2.24, 2.45) is 5.73 Å². The van der Waals surface area contributed by atoms with E-state index < -0.39 is 0 Å². The summed E-state index contributed by atoms with van der Waals surface area (Å²) in [5.74, 6) is 1.53. The second-order valence-electron chi connectivity index (χ2n) is 5.58. The average Bonchev–Trinajstić information content (AvgIpc) is 3.08. The molecule has 2 N–H and O–H groups in total. The minimum Gasteiger partial charge on any atom is -0.378 e. The third-order valence-electron chi connectivity index (χ3n) is 4.14. The molecule has 6 nitrogen and oxygen atoms in total. The van der Waals surface area contributed by atoms with Crippen LogP contribution < -0.4 is 5.73 Å². The molecule has 0 bridgehead atoms. The van der Waals surface area contributed by atoms with Crippen molar-refractivity contribution >= 4 is 0 Å². The number of hydrogen-bond donors (Lipinski definition) is 1. The Morgan fingerprint density at radius 3 is 2.89 bits per heavy atom. The van der Waals surface area contributed by atoms with Crippen LogP contribution in [-0.2, 0) is 4.74 Å². The molecule has 2 aliphatic rings. The van der Waals surface area contributed by atoms with Gasteiger partial charge in [0.15, 0.2) is 5.82 Å². The molecule has 2 saturated heterocycles. The van der Waals surface area contributed by atoms with Crippen molar-refractivity contribution in [1.82, 2.24) is 15.0 Å². The Kier molecular flexibility index (Phi) is 3.81. The SMILES string of the molecule is CC1OCCC1c1nc(C(N)CN2CCCC2)no1. The quantitative estimate of drug-likeness (QED) is 0.878. The molecule has 0 saturated carbocycles. The Labute approximate surface area is 113 Å². The first-order valence-corrected chi connectivity index (χ1v) is 7.17. The van der Waals surface area contributed by atoms with E-state index in [-0.39, 0.29) is 18.1 Å². The van der Waals surface area contributed by atoms with Crippen molar-refractivity contribution in [2.75, 3.05) is 26.2 Å². The van der Waals surface area contributed by atoms with Crippen molar-refractivity contribution in [3.63, 3.8) is 0 Å². The van der Waals surface area contributed by atoms with Gasteiger partial charge in [-0.3, -0.25) is 0 Å². The molecule has 1 aromatic heterocycles.